The topological polar surface area (TPSA) is 84.2 Å². The Bertz CT molecular complexity index is 618. The molecule has 126 valence electrons. The highest BCUT2D eigenvalue weighted by Gasteiger charge is 2.34. The Morgan fingerprint density at radius 2 is 2.22 bits per heavy atom. The molecule has 2 rings (SSSR count). The first-order valence-electron chi connectivity index (χ1n) is 7.85. The number of hydrogen-bond acceptors (Lipinski definition) is 3. The third-order valence-electron chi connectivity index (χ3n) is 4.11. The molecule has 23 heavy (non-hydrogen) atoms. The first kappa shape index (κ1) is 17.4. The van der Waals surface area contributed by atoms with E-state index in [9.17, 15) is 14.0 Å². The monoisotopic (exact) mass is 321 g/mol. The molecular formula is C17H24FN3O2. The van der Waals surface area contributed by atoms with Gasteiger partial charge >= 0.3 is 0 Å². The SMILES string of the molecule is CC(C)CC(C)(CN)NC(=O)C1CC(=O)Nc2cc(F)ccc21. The Morgan fingerprint density at radius 1 is 1.52 bits per heavy atom. The Balaban J connectivity index is 2.24. The standard InChI is InChI=1S/C17H24FN3O2/c1-10(2)8-17(3,9-19)21-16(23)13-7-15(22)20-14-6-11(18)4-5-12(13)14/h4-6,10,13H,7-9,19H2,1-3H3,(H,20,22)(H,21,23). The van der Waals surface area contributed by atoms with Crippen LogP contribution in [0.25, 0.3) is 0 Å². The number of rotatable bonds is 5. The second-order valence-corrected chi connectivity index (χ2v) is 6.89. The van der Waals surface area contributed by atoms with Gasteiger partial charge in [0, 0.05) is 24.2 Å². The fourth-order valence-electron chi connectivity index (χ4n) is 3.14. The van der Waals surface area contributed by atoms with Crippen LogP contribution in [-0.4, -0.2) is 23.9 Å². The number of nitrogens with two attached hydrogens (primary N) is 1. The predicted molar refractivity (Wildman–Crippen MR) is 87.4 cm³/mol. The summed E-state index contributed by atoms with van der Waals surface area (Å²) in [6.07, 6.45) is 0.789. The van der Waals surface area contributed by atoms with Gasteiger partial charge in [-0.1, -0.05) is 19.9 Å². The average Bonchev–Trinajstić information content (AvgIpc) is 2.44. The molecule has 2 atom stereocenters. The minimum Gasteiger partial charge on any atom is -0.349 e. The van der Waals surface area contributed by atoms with E-state index >= 15 is 0 Å². The Hall–Kier alpha value is -1.95. The van der Waals surface area contributed by atoms with Gasteiger partial charge in [0.05, 0.1) is 5.92 Å². The number of carbonyl (C=O) groups excluding carboxylic acids is 2. The van der Waals surface area contributed by atoms with Crippen molar-refractivity contribution < 1.29 is 14.0 Å². The van der Waals surface area contributed by atoms with Crippen molar-refractivity contribution in [2.45, 2.75) is 45.1 Å². The smallest absolute Gasteiger partial charge is 0.228 e. The van der Waals surface area contributed by atoms with E-state index in [2.05, 4.69) is 24.5 Å². The molecule has 2 amide bonds. The third kappa shape index (κ3) is 4.07. The van der Waals surface area contributed by atoms with Crippen molar-refractivity contribution in [1.82, 2.24) is 5.32 Å². The Kier molecular flexibility index (Phi) is 5.04. The van der Waals surface area contributed by atoms with Gasteiger partial charge < -0.3 is 16.4 Å². The van der Waals surface area contributed by atoms with Gasteiger partial charge in [-0.25, -0.2) is 4.39 Å². The molecule has 1 aromatic rings. The minimum absolute atomic E-state index is 0.0484. The lowest BCUT2D eigenvalue weighted by Gasteiger charge is -2.34. The van der Waals surface area contributed by atoms with Crippen molar-refractivity contribution in [1.29, 1.82) is 0 Å². The molecule has 1 aromatic carbocycles. The highest BCUT2D eigenvalue weighted by atomic mass is 19.1. The van der Waals surface area contributed by atoms with Crippen LogP contribution < -0.4 is 16.4 Å². The fraction of sp³-hybridized carbons (Fsp3) is 0.529. The molecule has 1 aliphatic rings. The Labute approximate surface area is 135 Å². The van der Waals surface area contributed by atoms with Crippen LogP contribution in [0.2, 0.25) is 0 Å². The molecule has 0 radical (unpaired) electrons. The number of halogens is 1. The van der Waals surface area contributed by atoms with E-state index < -0.39 is 17.3 Å². The van der Waals surface area contributed by atoms with Crippen LogP contribution in [0.5, 0.6) is 0 Å². The Morgan fingerprint density at radius 3 is 2.83 bits per heavy atom. The van der Waals surface area contributed by atoms with E-state index in [1.807, 2.05) is 6.92 Å². The van der Waals surface area contributed by atoms with Crippen LogP contribution in [0.1, 0.15) is 45.1 Å². The zero-order valence-corrected chi connectivity index (χ0v) is 13.8. The molecule has 0 bridgehead atoms. The van der Waals surface area contributed by atoms with Gasteiger partial charge in [-0.05, 0) is 37.0 Å². The van der Waals surface area contributed by atoms with E-state index in [4.69, 9.17) is 5.73 Å². The molecular weight excluding hydrogens is 297 g/mol. The summed E-state index contributed by atoms with van der Waals surface area (Å²) in [5.41, 5.74) is 6.30. The minimum atomic E-state index is -0.627. The maximum absolute atomic E-state index is 13.4. The van der Waals surface area contributed by atoms with Crippen LogP contribution in [-0.2, 0) is 9.59 Å². The van der Waals surface area contributed by atoms with Gasteiger partial charge in [0.15, 0.2) is 0 Å². The first-order chi connectivity index (χ1) is 10.7. The average molecular weight is 321 g/mol. The number of nitrogens with one attached hydrogen (secondary N) is 2. The zero-order chi connectivity index (χ0) is 17.2. The molecule has 6 heteroatoms. The molecule has 1 aliphatic heterocycles. The molecule has 0 fully saturated rings. The lowest BCUT2D eigenvalue weighted by molar-refractivity contribution is -0.127. The van der Waals surface area contributed by atoms with Crippen LogP contribution in [0, 0.1) is 11.7 Å². The van der Waals surface area contributed by atoms with E-state index in [1.165, 1.54) is 12.1 Å². The number of amides is 2. The predicted octanol–water partition coefficient (Wildman–Crippen LogP) is 2.13. The molecule has 0 aliphatic carbocycles. The summed E-state index contributed by atoms with van der Waals surface area (Å²) >= 11 is 0. The summed E-state index contributed by atoms with van der Waals surface area (Å²) in [7, 11) is 0. The molecule has 1 heterocycles. The highest BCUT2D eigenvalue weighted by Crippen LogP contribution is 2.33. The molecule has 4 N–H and O–H groups in total. The second-order valence-electron chi connectivity index (χ2n) is 6.89. The normalized spacial score (nSPS) is 19.7. The second kappa shape index (κ2) is 6.66. The van der Waals surface area contributed by atoms with Crippen molar-refractivity contribution in [2.24, 2.45) is 11.7 Å². The van der Waals surface area contributed by atoms with Crippen molar-refractivity contribution >= 4 is 17.5 Å². The highest BCUT2D eigenvalue weighted by molar-refractivity contribution is 6.01. The first-order valence-corrected chi connectivity index (χ1v) is 7.85. The van der Waals surface area contributed by atoms with E-state index in [1.54, 1.807) is 6.07 Å². The van der Waals surface area contributed by atoms with Gasteiger partial charge in [-0.2, -0.15) is 0 Å². The van der Waals surface area contributed by atoms with E-state index in [0.29, 0.717) is 23.7 Å². The van der Waals surface area contributed by atoms with Crippen LogP contribution in [0.4, 0.5) is 10.1 Å². The summed E-state index contributed by atoms with van der Waals surface area (Å²) in [5.74, 6) is -1.24. The van der Waals surface area contributed by atoms with Crippen molar-refractivity contribution in [3.05, 3.63) is 29.6 Å². The molecule has 0 saturated heterocycles. The summed E-state index contributed by atoms with van der Waals surface area (Å²) < 4.78 is 13.4. The van der Waals surface area contributed by atoms with E-state index in [-0.39, 0.29) is 18.2 Å². The molecule has 0 spiro atoms. The summed E-state index contributed by atoms with van der Waals surface area (Å²) in [5, 5.41) is 5.59. The van der Waals surface area contributed by atoms with Gasteiger partial charge in [0.2, 0.25) is 11.8 Å². The van der Waals surface area contributed by atoms with Gasteiger partial charge in [-0.3, -0.25) is 9.59 Å². The van der Waals surface area contributed by atoms with Crippen molar-refractivity contribution in [2.75, 3.05) is 11.9 Å². The van der Waals surface area contributed by atoms with Gasteiger partial charge in [0.1, 0.15) is 5.82 Å². The maximum atomic E-state index is 13.4. The fourth-order valence-corrected chi connectivity index (χ4v) is 3.14. The number of carbonyl (C=O) groups is 2. The van der Waals surface area contributed by atoms with Crippen LogP contribution in [0.3, 0.4) is 0 Å². The summed E-state index contributed by atoms with van der Waals surface area (Å²) in [4.78, 5) is 24.5. The number of fused-ring (bicyclic) bond motifs is 1. The molecule has 5 nitrogen and oxygen atoms in total. The maximum Gasteiger partial charge on any atom is 0.228 e. The lowest BCUT2D eigenvalue weighted by atomic mass is 9.86. The summed E-state index contributed by atoms with van der Waals surface area (Å²) in [6.45, 7) is 6.34. The van der Waals surface area contributed by atoms with Crippen molar-refractivity contribution in [3.63, 3.8) is 0 Å². The quantitative estimate of drug-likeness (QED) is 0.777. The largest absolute Gasteiger partial charge is 0.349 e. The van der Waals surface area contributed by atoms with Gasteiger partial charge in [0.25, 0.3) is 0 Å². The van der Waals surface area contributed by atoms with Gasteiger partial charge in [-0.15, -0.1) is 0 Å². The third-order valence-corrected chi connectivity index (χ3v) is 4.11. The van der Waals surface area contributed by atoms with Crippen LogP contribution >= 0.6 is 0 Å². The van der Waals surface area contributed by atoms with Crippen LogP contribution in [0.15, 0.2) is 18.2 Å². The molecule has 0 saturated carbocycles. The number of anilines is 1. The number of benzene rings is 1. The van der Waals surface area contributed by atoms with Crippen molar-refractivity contribution in [3.8, 4) is 0 Å². The summed E-state index contributed by atoms with van der Waals surface area (Å²) in [6, 6.07) is 4.09. The number of hydrogen-bond donors (Lipinski definition) is 3. The molecule has 2 unspecified atom stereocenters. The lowest BCUT2D eigenvalue weighted by Crippen LogP contribution is -2.54. The zero-order valence-electron chi connectivity index (χ0n) is 13.8. The molecule has 0 aromatic heterocycles. The van der Waals surface area contributed by atoms with E-state index in [0.717, 1.165) is 6.42 Å².